The highest BCUT2D eigenvalue weighted by atomic mass is 35.5. The molecule has 124 valence electrons. The van der Waals surface area contributed by atoms with Crippen molar-refractivity contribution in [2.45, 2.75) is 32.9 Å². The summed E-state index contributed by atoms with van der Waals surface area (Å²) in [7, 11) is 0. The summed E-state index contributed by atoms with van der Waals surface area (Å²) in [6.45, 7) is 7.13. The van der Waals surface area contributed by atoms with E-state index >= 15 is 0 Å². The van der Waals surface area contributed by atoms with Gasteiger partial charge in [0.05, 0.1) is 27.6 Å². The van der Waals surface area contributed by atoms with Crippen molar-refractivity contribution in [2.75, 3.05) is 13.1 Å². The fourth-order valence-electron chi connectivity index (χ4n) is 3.01. The first-order valence-electron chi connectivity index (χ1n) is 7.70. The number of benzene rings is 1. The fraction of sp³-hybridized carbons (Fsp3) is 0.500. The molecule has 1 atom stereocenters. The Morgan fingerprint density at radius 2 is 2.13 bits per heavy atom. The first kappa shape index (κ1) is 16.7. The minimum Gasteiger partial charge on any atom is -0.327 e. The highest BCUT2D eigenvalue weighted by Gasteiger charge is 2.33. The van der Waals surface area contributed by atoms with Crippen molar-refractivity contribution in [2.24, 2.45) is 11.1 Å². The van der Waals surface area contributed by atoms with Gasteiger partial charge in [0.2, 0.25) is 0 Å². The summed E-state index contributed by atoms with van der Waals surface area (Å²) >= 11 is 12.3. The predicted octanol–water partition coefficient (Wildman–Crippen LogP) is 3.13. The van der Waals surface area contributed by atoms with Gasteiger partial charge in [0.25, 0.3) is 0 Å². The molecule has 0 radical (unpaired) electrons. The molecule has 0 amide bonds. The molecule has 0 bridgehead atoms. The van der Waals surface area contributed by atoms with Crippen LogP contribution in [0.2, 0.25) is 10.0 Å². The summed E-state index contributed by atoms with van der Waals surface area (Å²) in [6, 6.07) is 5.72. The summed E-state index contributed by atoms with van der Waals surface area (Å²) < 4.78 is 1.67. The number of halogens is 2. The Morgan fingerprint density at radius 3 is 2.87 bits per heavy atom. The zero-order valence-electron chi connectivity index (χ0n) is 13.3. The molecular formula is C16H21Cl2N5. The van der Waals surface area contributed by atoms with Gasteiger partial charge in [-0.25, -0.2) is 4.68 Å². The van der Waals surface area contributed by atoms with Crippen molar-refractivity contribution in [3.8, 4) is 5.69 Å². The molecule has 1 fully saturated rings. The Labute approximate surface area is 146 Å². The maximum atomic E-state index is 6.24. The molecule has 3 rings (SSSR count). The van der Waals surface area contributed by atoms with Gasteiger partial charge in [-0.3, -0.25) is 4.90 Å². The molecule has 1 aliphatic rings. The first-order valence-corrected chi connectivity index (χ1v) is 8.46. The minimum atomic E-state index is 0.116. The van der Waals surface area contributed by atoms with Crippen LogP contribution in [0.15, 0.2) is 24.4 Å². The topological polar surface area (TPSA) is 60.0 Å². The van der Waals surface area contributed by atoms with Gasteiger partial charge in [0.15, 0.2) is 0 Å². The molecule has 1 aromatic heterocycles. The lowest BCUT2D eigenvalue weighted by Crippen LogP contribution is -2.52. The van der Waals surface area contributed by atoms with Gasteiger partial charge in [-0.15, -0.1) is 5.10 Å². The molecule has 23 heavy (non-hydrogen) atoms. The quantitative estimate of drug-likeness (QED) is 0.920. The molecular weight excluding hydrogens is 333 g/mol. The van der Waals surface area contributed by atoms with Crippen molar-refractivity contribution in [1.82, 2.24) is 19.9 Å². The van der Waals surface area contributed by atoms with Crippen LogP contribution in [0.5, 0.6) is 0 Å². The van der Waals surface area contributed by atoms with E-state index in [1.54, 1.807) is 10.7 Å². The van der Waals surface area contributed by atoms with Crippen LogP contribution in [-0.2, 0) is 6.54 Å². The molecule has 2 heterocycles. The van der Waals surface area contributed by atoms with Gasteiger partial charge in [0, 0.05) is 25.7 Å². The smallest absolute Gasteiger partial charge is 0.0971 e. The highest BCUT2D eigenvalue weighted by molar-refractivity contribution is 6.43. The Bertz CT molecular complexity index is 698. The van der Waals surface area contributed by atoms with Crippen LogP contribution in [0.25, 0.3) is 5.69 Å². The maximum absolute atomic E-state index is 6.24. The molecule has 0 saturated carbocycles. The number of likely N-dealkylation sites (tertiary alicyclic amines) is 1. The Balaban J connectivity index is 1.74. The number of hydrogen-bond donors (Lipinski definition) is 1. The largest absolute Gasteiger partial charge is 0.327 e. The monoisotopic (exact) mass is 353 g/mol. The zero-order chi connectivity index (χ0) is 16.6. The van der Waals surface area contributed by atoms with Gasteiger partial charge in [0.1, 0.15) is 0 Å². The van der Waals surface area contributed by atoms with E-state index < -0.39 is 0 Å². The van der Waals surface area contributed by atoms with Gasteiger partial charge in [-0.05, 0) is 24.0 Å². The number of rotatable bonds is 3. The molecule has 2 N–H and O–H groups in total. The molecule has 0 aliphatic carbocycles. The molecule has 1 saturated heterocycles. The van der Waals surface area contributed by atoms with Gasteiger partial charge >= 0.3 is 0 Å². The molecule has 1 unspecified atom stereocenters. The third-order valence-corrected chi connectivity index (χ3v) is 5.30. The van der Waals surface area contributed by atoms with E-state index in [1.807, 2.05) is 18.3 Å². The van der Waals surface area contributed by atoms with Crippen molar-refractivity contribution in [1.29, 1.82) is 0 Å². The van der Waals surface area contributed by atoms with Crippen LogP contribution < -0.4 is 5.73 Å². The number of hydrogen-bond acceptors (Lipinski definition) is 4. The van der Waals surface area contributed by atoms with Crippen molar-refractivity contribution < 1.29 is 0 Å². The third-order valence-electron chi connectivity index (χ3n) is 4.50. The fourth-order valence-corrected chi connectivity index (χ4v) is 3.39. The van der Waals surface area contributed by atoms with Crippen molar-refractivity contribution in [3.63, 3.8) is 0 Å². The third kappa shape index (κ3) is 3.53. The van der Waals surface area contributed by atoms with Crippen molar-refractivity contribution >= 4 is 23.2 Å². The molecule has 1 aliphatic heterocycles. The number of nitrogens with zero attached hydrogens (tertiary/aromatic N) is 4. The zero-order valence-corrected chi connectivity index (χ0v) is 14.8. The second-order valence-corrected chi connectivity index (χ2v) is 7.61. The summed E-state index contributed by atoms with van der Waals surface area (Å²) in [5, 5.41) is 9.43. The summed E-state index contributed by atoms with van der Waals surface area (Å²) in [5.41, 5.74) is 7.95. The predicted molar refractivity (Wildman–Crippen MR) is 93.0 cm³/mol. The molecule has 0 spiro atoms. The molecule has 7 heteroatoms. The summed E-state index contributed by atoms with van der Waals surface area (Å²) in [6.07, 6.45) is 2.90. The average Bonchev–Trinajstić information content (AvgIpc) is 2.94. The van der Waals surface area contributed by atoms with E-state index in [2.05, 4.69) is 29.1 Å². The van der Waals surface area contributed by atoms with E-state index in [0.717, 1.165) is 37.4 Å². The van der Waals surface area contributed by atoms with Gasteiger partial charge in [-0.1, -0.05) is 48.3 Å². The summed E-state index contributed by atoms with van der Waals surface area (Å²) in [5.74, 6) is 0. The van der Waals surface area contributed by atoms with Crippen LogP contribution >= 0.6 is 23.2 Å². The molecule has 5 nitrogen and oxygen atoms in total. The van der Waals surface area contributed by atoms with Crippen LogP contribution in [-0.4, -0.2) is 39.0 Å². The van der Waals surface area contributed by atoms with Crippen LogP contribution in [0, 0.1) is 5.41 Å². The lowest BCUT2D eigenvalue weighted by Gasteiger charge is -2.42. The van der Waals surface area contributed by atoms with Crippen molar-refractivity contribution in [3.05, 3.63) is 40.1 Å². The van der Waals surface area contributed by atoms with E-state index in [0.29, 0.717) is 10.0 Å². The van der Waals surface area contributed by atoms with E-state index in [9.17, 15) is 0 Å². The van der Waals surface area contributed by atoms with Crippen LogP contribution in [0.1, 0.15) is 26.0 Å². The standard InChI is InChI=1S/C16H21Cl2N5/c1-16(2)10-22(7-6-14(16)19)8-11-9-23(21-20-11)13-5-3-4-12(17)15(13)18/h3-5,9,14H,6-8,10,19H2,1-2H3. The second kappa shape index (κ2) is 6.40. The van der Waals surface area contributed by atoms with Gasteiger partial charge < -0.3 is 5.73 Å². The Hall–Kier alpha value is -1.14. The van der Waals surface area contributed by atoms with Crippen LogP contribution in [0.4, 0.5) is 0 Å². The molecule has 1 aromatic carbocycles. The highest BCUT2D eigenvalue weighted by Crippen LogP contribution is 2.29. The Kier molecular flexibility index (Phi) is 4.65. The van der Waals surface area contributed by atoms with Gasteiger partial charge in [-0.2, -0.15) is 0 Å². The number of aromatic nitrogens is 3. The number of nitrogens with two attached hydrogens (primary N) is 1. The van der Waals surface area contributed by atoms with E-state index in [1.165, 1.54) is 0 Å². The molecule has 2 aromatic rings. The minimum absolute atomic E-state index is 0.116. The number of piperidine rings is 1. The maximum Gasteiger partial charge on any atom is 0.0971 e. The lowest BCUT2D eigenvalue weighted by atomic mass is 9.80. The summed E-state index contributed by atoms with van der Waals surface area (Å²) in [4.78, 5) is 2.37. The normalized spacial score (nSPS) is 21.5. The average molecular weight is 354 g/mol. The second-order valence-electron chi connectivity index (χ2n) is 6.82. The lowest BCUT2D eigenvalue weighted by molar-refractivity contribution is 0.0889. The van der Waals surface area contributed by atoms with Crippen LogP contribution in [0.3, 0.4) is 0 Å². The van der Waals surface area contributed by atoms with E-state index in [4.69, 9.17) is 28.9 Å². The SMILES string of the molecule is CC1(C)CN(Cc2cn(-c3cccc(Cl)c3Cl)nn2)CCC1N. The Morgan fingerprint density at radius 1 is 1.35 bits per heavy atom. The first-order chi connectivity index (χ1) is 10.9. The van der Waals surface area contributed by atoms with E-state index in [-0.39, 0.29) is 11.5 Å².